The SMILES string of the molecule is Cc1ncccc1C(=O)NC(C(=O)Nc1ccc2c(c1)NC(=O)C21CCOCC1)C1CCCCCCC1. The summed E-state index contributed by atoms with van der Waals surface area (Å²) >= 11 is 0. The molecular weight excluding hydrogens is 468 g/mol. The van der Waals surface area contributed by atoms with E-state index in [0.717, 1.165) is 49.8 Å². The lowest BCUT2D eigenvalue weighted by atomic mass is 9.75. The van der Waals surface area contributed by atoms with E-state index in [-0.39, 0.29) is 23.6 Å². The fraction of sp³-hybridized carbons (Fsp3) is 0.517. The molecule has 1 aromatic carbocycles. The van der Waals surface area contributed by atoms with Crippen LogP contribution in [0.25, 0.3) is 0 Å². The monoisotopic (exact) mass is 504 g/mol. The first-order chi connectivity index (χ1) is 18.0. The van der Waals surface area contributed by atoms with Crippen molar-refractivity contribution in [2.24, 2.45) is 5.92 Å². The van der Waals surface area contributed by atoms with E-state index in [1.165, 1.54) is 6.42 Å². The van der Waals surface area contributed by atoms with Gasteiger partial charge in [-0.25, -0.2) is 0 Å². The molecule has 1 atom stereocenters. The quantitative estimate of drug-likeness (QED) is 0.556. The number of nitrogens with one attached hydrogen (secondary N) is 3. The largest absolute Gasteiger partial charge is 0.381 e. The van der Waals surface area contributed by atoms with Crippen molar-refractivity contribution in [2.45, 2.75) is 76.2 Å². The Bertz CT molecular complexity index is 1170. The van der Waals surface area contributed by atoms with Gasteiger partial charge in [0.25, 0.3) is 5.91 Å². The molecule has 1 aromatic heterocycles. The fourth-order valence-electron chi connectivity index (χ4n) is 6.11. The summed E-state index contributed by atoms with van der Waals surface area (Å²) in [6.07, 6.45) is 10.4. The Balaban J connectivity index is 1.37. The minimum atomic E-state index is -0.658. The molecule has 1 spiro atoms. The van der Waals surface area contributed by atoms with Crippen LogP contribution in [0.5, 0.6) is 0 Å². The normalized spacial score (nSPS) is 20.3. The lowest BCUT2D eigenvalue weighted by Gasteiger charge is -2.31. The van der Waals surface area contributed by atoms with Gasteiger partial charge in [-0.3, -0.25) is 19.4 Å². The van der Waals surface area contributed by atoms with Crippen LogP contribution in [-0.4, -0.2) is 42.0 Å². The number of anilines is 2. The Hall–Kier alpha value is -3.26. The molecule has 3 N–H and O–H groups in total. The van der Waals surface area contributed by atoms with Gasteiger partial charge in [-0.1, -0.05) is 38.2 Å². The summed E-state index contributed by atoms with van der Waals surface area (Å²) in [4.78, 5) is 44.0. The summed E-state index contributed by atoms with van der Waals surface area (Å²) in [5, 5.41) is 9.10. The molecule has 1 aliphatic carbocycles. The third kappa shape index (κ3) is 5.25. The molecule has 1 unspecified atom stereocenters. The number of ether oxygens (including phenoxy) is 1. The second-order valence-corrected chi connectivity index (χ2v) is 10.6. The van der Waals surface area contributed by atoms with Crippen LogP contribution in [-0.2, 0) is 19.7 Å². The van der Waals surface area contributed by atoms with Gasteiger partial charge in [0.2, 0.25) is 11.8 Å². The first-order valence-electron chi connectivity index (χ1n) is 13.5. The molecule has 5 rings (SSSR count). The van der Waals surface area contributed by atoms with Crippen molar-refractivity contribution in [1.29, 1.82) is 0 Å². The van der Waals surface area contributed by atoms with Crippen LogP contribution in [0.4, 0.5) is 11.4 Å². The Morgan fingerprint density at radius 3 is 2.54 bits per heavy atom. The Morgan fingerprint density at radius 2 is 1.81 bits per heavy atom. The maximum atomic E-state index is 13.7. The Labute approximate surface area is 218 Å². The lowest BCUT2D eigenvalue weighted by Crippen LogP contribution is -2.49. The van der Waals surface area contributed by atoms with Crippen LogP contribution < -0.4 is 16.0 Å². The van der Waals surface area contributed by atoms with Gasteiger partial charge in [-0.15, -0.1) is 0 Å². The smallest absolute Gasteiger partial charge is 0.253 e. The van der Waals surface area contributed by atoms with Crippen LogP contribution in [0, 0.1) is 12.8 Å². The lowest BCUT2D eigenvalue weighted by molar-refractivity contribution is -0.124. The third-order valence-electron chi connectivity index (χ3n) is 8.27. The van der Waals surface area contributed by atoms with Crippen LogP contribution in [0.15, 0.2) is 36.5 Å². The van der Waals surface area contributed by atoms with Crippen molar-refractivity contribution in [3.8, 4) is 0 Å². The zero-order chi connectivity index (χ0) is 25.8. The summed E-state index contributed by atoms with van der Waals surface area (Å²) in [7, 11) is 0. The number of aromatic nitrogens is 1. The predicted molar refractivity (Wildman–Crippen MR) is 141 cm³/mol. The summed E-state index contributed by atoms with van der Waals surface area (Å²) in [6, 6.07) is 8.44. The standard InChI is InChI=1S/C29H36N4O4/c1-19-22(10-7-15-30-19)26(34)33-25(20-8-5-3-2-4-6-9-20)27(35)31-21-11-12-23-24(18-21)32-28(36)29(23)13-16-37-17-14-29/h7,10-12,15,18,20,25H,2-6,8-9,13-14,16-17H2,1H3,(H,31,35)(H,32,36)(H,33,34). The summed E-state index contributed by atoms with van der Waals surface area (Å²) < 4.78 is 5.49. The molecule has 37 heavy (non-hydrogen) atoms. The van der Waals surface area contributed by atoms with Gasteiger partial charge in [0.05, 0.1) is 11.0 Å². The van der Waals surface area contributed by atoms with E-state index in [1.54, 1.807) is 25.3 Å². The molecular formula is C29H36N4O4. The molecule has 8 nitrogen and oxygen atoms in total. The van der Waals surface area contributed by atoms with Crippen molar-refractivity contribution >= 4 is 29.1 Å². The van der Waals surface area contributed by atoms with E-state index >= 15 is 0 Å². The molecule has 2 aliphatic heterocycles. The number of hydrogen-bond acceptors (Lipinski definition) is 5. The van der Waals surface area contributed by atoms with Crippen molar-refractivity contribution in [1.82, 2.24) is 10.3 Å². The van der Waals surface area contributed by atoms with Crippen molar-refractivity contribution < 1.29 is 19.1 Å². The molecule has 1 saturated heterocycles. The molecule has 2 aromatic rings. The van der Waals surface area contributed by atoms with Gasteiger partial charge in [-0.05, 0) is 68.4 Å². The minimum absolute atomic E-state index is 0.000720. The molecule has 0 bridgehead atoms. The molecule has 1 saturated carbocycles. The average molecular weight is 505 g/mol. The van der Waals surface area contributed by atoms with Crippen LogP contribution in [0.1, 0.15) is 79.4 Å². The van der Waals surface area contributed by atoms with Crippen LogP contribution in [0.3, 0.4) is 0 Å². The molecule has 2 fully saturated rings. The van der Waals surface area contributed by atoms with E-state index in [2.05, 4.69) is 20.9 Å². The number of rotatable bonds is 5. The molecule has 3 heterocycles. The van der Waals surface area contributed by atoms with Gasteiger partial charge in [-0.2, -0.15) is 0 Å². The minimum Gasteiger partial charge on any atom is -0.381 e. The van der Waals surface area contributed by atoms with E-state index in [4.69, 9.17) is 4.74 Å². The van der Waals surface area contributed by atoms with E-state index in [9.17, 15) is 14.4 Å². The highest BCUT2D eigenvalue weighted by Crippen LogP contribution is 2.45. The highest BCUT2D eigenvalue weighted by Gasteiger charge is 2.47. The van der Waals surface area contributed by atoms with Crippen LogP contribution in [0.2, 0.25) is 0 Å². The fourth-order valence-corrected chi connectivity index (χ4v) is 6.11. The second kappa shape index (κ2) is 11.0. The summed E-state index contributed by atoms with van der Waals surface area (Å²) in [6.45, 7) is 2.92. The molecule has 0 radical (unpaired) electrons. The number of nitrogens with zero attached hydrogens (tertiary/aromatic N) is 1. The zero-order valence-corrected chi connectivity index (χ0v) is 21.5. The average Bonchev–Trinajstić information content (AvgIpc) is 3.13. The predicted octanol–water partition coefficient (Wildman–Crippen LogP) is 4.49. The van der Waals surface area contributed by atoms with Crippen LogP contribution >= 0.6 is 0 Å². The number of carbonyl (C=O) groups excluding carboxylic acids is 3. The number of carbonyl (C=O) groups is 3. The first kappa shape index (κ1) is 25.4. The number of amides is 3. The number of aryl methyl sites for hydroxylation is 1. The summed E-state index contributed by atoms with van der Waals surface area (Å²) in [5.41, 5.74) is 2.88. The highest BCUT2D eigenvalue weighted by molar-refractivity contribution is 6.07. The molecule has 8 heteroatoms. The first-order valence-corrected chi connectivity index (χ1v) is 13.5. The van der Waals surface area contributed by atoms with Gasteiger partial charge in [0.1, 0.15) is 6.04 Å². The van der Waals surface area contributed by atoms with Gasteiger partial charge in [0.15, 0.2) is 0 Å². The van der Waals surface area contributed by atoms with Crippen molar-refractivity contribution in [3.63, 3.8) is 0 Å². The Kier molecular flexibility index (Phi) is 7.55. The number of pyridine rings is 1. The van der Waals surface area contributed by atoms with Crippen molar-refractivity contribution in [3.05, 3.63) is 53.3 Å². The maximum Gasteiger partial charge on any atom is 0.253 e. The number of benzene rings is 1. The maximum absolute atomic E-state index is 13.7. The second-order valence-electron chi connectivity index (χ2n) is 10.6. The van der Waals surface area contributed by atoms with Crippen molar-refractivity contribution in [2.75, 3.05) is 23.8 Å². The van der Waals surface area contributed by atoms with Gasteiger partial charge < -0.3 is 20.7 Å². The van der Waals surface area contributed by atoms with E-state index in [1.807, 2.05) is 18.2 Å². The Morgan fingerprint density at radius 1 is 1.08 bits per heavy atom. The number of fused-ring (bicyclic) bond motifs is 2. The van der Waals surface area contributed by atoms with Gasteiger partial charge in [0, 0.05) is 36.5 Å². The highest BCUT2D eigenvalue weighted by atomic mass is 16.5. The third-order valence-corrected chi connectivity index (χ3v) is 8.27. The molecule has 3 aliphatic rings. The zero-order valence-electron chi connectivity index (χ0n) is 21.5. The van der Waals surface area contributed by atoms with E-state index in [0.29, 0.717) is 43.0 Å². The topological polar surface area (TPSA) is 109 Å². The summed E-state index contributed by atoms with van der Waals surface area (Å²) in [5.74, 6) is -0.456. The van der Waals surface area contributed by atoms with Gasteiger partial charge >= 0.3 is 0 Å². The van der Waals surface area contributed by atoms with E-state index < -0.39 is 11.5 Å². The molecule has 3 amide bonds. The molecule has 196 valence electrons. The number of hydrogen-bond donors (Lipinski definition) is 3.